The summed E-state index contributed by atoms with van der Waals surface area (Å²) in [6.45, 7) is 2.98. The maximum absolute atomic E-state index is 13.6. The molecule has 35 heavy (non-hydrogen) atoms. The Kier molecular flexibility index (Phi) is 7.02. The van der Waals surface area contributed by atoms with E-state index in [4.69, 9.17) is 11.6 Å². The molecule has 0 bridgehead atoms. The summed E-state index contributed by atoms with van der Waals surface area (Å²) in [5.74, 6) is -0.842. The third kappa shape index (κ3) is 5.49. The van der Waals surface area contributed by atoms with Crippen LogP contribution in [0, 0.1) is 5.82 Å². The SMILES string of the molecule is O=C(N[C@@H](Cc1ccc(F)cc1)C(=O)N1CCN(C2CCCC2)CC1)c1cc2cc(Cl)ncc2[nH]1. The van der Waals surface area contributed by atoms with Gasteiger partial charge < -0.3 is 15.2 Å². The molecule has 0 radical (unpaired) electrons. The van der Waals surface area contributed by atoms with Crippen molar-refractivity contribution >= 4 is 34.3 Å². The molecule has 2 N–H and O–H groups in total. The minimum atomic E-state index is -0.765. The van der Waals surface area contributed by atoms with Crippen LogP contribution in [0.3, 0.4) is 0 Å². The number of carbonyl (C=O) groups is 2. The molecule has 1 aliphatic heterocycles. The van der Waals surface area contributed by atoms with Crippen LogP contribution in [-0.4, -0.2) is 69.8 Å². The molecule has 1 saturated carbocycles. The summed E-state index contributed by atoms with van der Waals surface area (Å²) in [6.07, 6.45) is 6.89. The Morgan fingerprint density at radius 3 is 2.54 bits per heavy atom. The van der Waals surface area contributed by atoms with E-state index in [0.29, 0.717) is 35.5 Å². The van der Waals surface area contributed by atoms with Gasteiger partial charge in [0.1, 0.15) is 22.7 Å². The number of amides is 2. The van der Waals surface area contributed by atoms with Crippen molar-refractivity contribution in [3.8, 4) is 0 Å². The first-order valence-electron chi connectivity index (χ1n) is 12.2. The van der Waals surface area contributed by atoms with Gasteiger partial charge in [0.2, 0.25) is 5.91 Å². The second kappa shape index (κ2) is 10.3. The summed E-state index contributed by atoms with van der Waals surface area (Å²) in [7, 11) is 0. The maximum atomic E-state index is 13.6. The fourth-order valence-corrected chi connectivity index (χ4v) is 5.38. The number of rotatable bonds is 6. The molecular weight excluding hydrogens is 469 g/mol. The highest BCUT2D eigenvalue weighted by Crippen LogP contribution is 2.24. The van der Waals surface area contributed by atoms with Crippen molar-refractivity contribution in [1.29, 1.82) is 0 Å². The van der Waals surface area contributed by atoms with Crippen LogP contribution in [0.25, 0.3) is 10.9 Å². The normalized spacial score (nSPS) is 18.2. The number of H-pyrrole nitrogens is 1. The maximum Gasteiger partial charge on any atom is 0.268 e. The summed E-state index contributed by atoms with van der Waals surface area (Å²) in [5, 5.41) is 4.01. The standard InChI is InChI=1S/C26H29ClFN5O2/c27-24-15-18-14-21(30-23(18)16-29-24)25(34)31-22(13-17-5-7-19(28)8-6-17)26(35)33-11-9-32(10-12-33)20-3-1-2-4-20/h5-8,14-16,20,22,30H,1-4,9-13H2,(H,31,34)/t22-/m0/s1. The van der Waals surface area contributed by atoms with Gasteiger partial charge in [0, 0.05) is 44.0 Å². The first kappa shape index (κ1) is 23.8. The second-order valence-electron chi connectivity index (χ2n) is 9.43. The highest BCUT2D eigenvalue weighted by atomic mass is 35.5. The molecule has 2 amide bonds. The lowest BCUT2D eigenvalue weighted by molar-refractivity contribution is -0.135. The minimum absolute atomic E-state index is 0.116. The fourth-order valence-electron chi connectivity index (χ4n) is 5.22. The predicted octanol–water partition coefficient (Wildman–Crippen LogP) is 3.78. The smallest absolute Gasteiger partial charge is 0.268 e. The summed E-state index contributed by atoms with van der Waals surface area (Å²) < 4.78 is 13.4. The summed E-state index contributed by atoms with van der Waals surface area (Å²) in [6, 6.07) is 9.27. The van der Waals surface area contributed by atoms with Crippen molar-refractivity contribution in [2.75, 3.05) is 26.2 Å². The Labute approximate surface area is 208 Å². The van der Waals surface area contributed by atoms with E-state index in [9.17, 15) is 14.0 Å². The second-order valence-corrected chi connectivity index (χ2v) is 9.82. The average Bonchev–Trinajstić information content (AvgIpc) is 3.55. The zero-order valence-corrected chi connectivity index (χ0v) is 20.2. The zero-order chi connectivity index (χ0) is 24.4. The van der Waals surface area contributed by atoms with Gasteiger partial charge in [-0.3, -0.25) is 14.5 Å². The molecular formula is C26H29ClFN5O2. The Morgan fingerprint density at radius 2 is 1.83 bits per heavy atom. The Balaban J connectivity index is 1.31. The van der Waals surface area contributed by atoms with Crippen LogP contribution in [0.4, 0.5) is 4.39 Å². The highest BCUT2D eigenvalue weighted by Gasteiger charge is 2.32. The van der Waals surface area contributed by atoms with Gasteiger partial charge in [0.05, 0.1) is 11.7 Å². The number of pyridine rings is 1. The number of aromatic amines is 1. The number of halogens is 2. The monoisotopic (exact) mass is 497 g/mol. The van der Waals surface area contributed by atoms with Crippen LogP contribution >= 0.6 is 11.6 Å². The lowest BCUT2D eigenvalue weighted by Gasteiger charge is -2.39. The van der Waals surface area contributed by atoms with E-state index in [-0.39, 0.29) is 24.1 Å². The number of hydrogen-bond donors (Lipinski definition) is 2. The van der Waals surface area contributed by atoms with Gasteiger partial charge in [-0.15, -0.1) is 0 Å². The number of aromatic nitrogens is 2. The minimum Gasteiger partial charge on any atom is -0.349 e. The molecule has 9 heteroatoms. The van der Waals surface area contributed by atoms with Crippen molar-refractivity contribution in [2.45, 2.75) is 44.2 Å². The van der Waals surface area contributed by atoms with Gasteiger partial charge in [-0.2, -0.15) is 0 Å². The van der Waals surface area contributed by atoms with Gasteiger partial charge in [0.15, 0.2) is 0 Å². The molecule has 7 nitrogen and oxygen atoms in total. The first-order chi connectivity index (χ1) is 17.0. The molecule has 2 fully saturated rings. The molecule has 0 spiro atoms. The molecule has 3 aromatic rings. The summed E-state index contributed by atoms with van der Waals surface area (Å²) in [4.78, 5) is 38.1. The average molecular weight is 498 g/mol. The fraction of sp³-hybridized carbons (Fsp3) is 0.423. The molecule has 1 atom stereocenters. The van der Waals surface area contributed by atoms with Crippen LogP contribution in [0.5, 0.6) is 0 Å². The number of benzene rings is 1. The lowest BCUT2D eigenvalue weighted by atomic mass is 10.0. The van der Waals surface area contributed by atoms with E-state index in [1.165, 1.54) is 37.8 Å². The van der Waals surface area contributed by atoms with Crippen LogP contribution in [0.1, 0.15) is 41.7 Å². The number of piperazine rings is 1. The van der Waals surface area contributed by atoms with Crippen LogP contribution < -0.4 is 5.32 Å². The van der Waals surface area contributed by atoms with E-state index < -0.39 is 6.04 Å². The van der Waals surface area contributed by atoms with E-state index in [0.717, 1.165) is 24.0 Å². The van der Waals surface area contributed by atoms with Crippen LogP contribution in [-0.2, 0) is 11.2 Å². The Morgan fingerprint density at radius 1 is 1.11 bits per heavy atom. The van der Waals surface area contributed by atoms with Crippen molar-refractivity contribution in [1.82, 2.24) is 25.1 Å². The van der Waals surface area contributed by atoms with Crippen molar-refractivity contribution in [3.05, 3.63) is 64.8 Å². The largest absolute Gasteiger partial charge is 0.349 e. The molecule has 1 saturated heterocycles. The number of carbonyl (C=O) groups excluding carboxylic acids is 2. The van der Waals surface area contributed by atoms with Gasteiger partial charge in [0.25, 0.3) is 5.91 Å². The number of hydrogen-bond acceptors (Lipinski definition) is 4. The van der Waals surface area contributed by atoms with Crippen molar-refractivity contribution in [2.24, 2.45) is 0 Å². The summed E-state index contributed by atoms with van der Waals surface area (Å²) >= 11 is 5.97. The van der Waals surface area contributed by atoms with Crippen LogP contribution in [0.15, 0.2) is 42.6 Å². The highest BCUT2D eigenvalue weighted by molar-refractivity contribution is 6.30. The quantitative estimate of drug-likeness (QED) is 0.508. The third-order valence-electron chi connectivity index (χ3n) is 7.14. The Bertz CT molecular complexity index is 1200. The topological polar surface area (TPSA) is 81.3 Å². The molecule has 184 valence electrons. The van der Waals surface area contributed by atoms with E-state index >= 15 is 0 Å². The van der Waals surface area contributed by atoms with Gasteiger partial charge in [-0.1, -0.05) is 36.6 Å². The molecule has 1 aromatic carbocycles. The number of nitrogens with zero attached hydrogens (tertiary/aromatic N) is 3. The molecule has 5 rings (SSSR count). The van der Waals surface area contributed by atoms with Gasteiger partial charge in [-0.05, 0) is 42.7 Å². The molecule has 2 aromatic heterocycles. The lowest BCUT2D eigenvalue weighted by Crippen LogP contribution is -2.56. The van der Waals surface area contributed by atoms with Crippen LogP contribution in [0.2, 0.25) is 5.15 Å². The van der Waals surface area contributed by atoms with E-state index in [1.54, 1.807) is 30.5 Å². The number of nitrogens with one attached hydrogen (secondary N) is 2. The molecule has 2 aliphatic rings. The molecule has 0 unspecified atom stereocenters. The van der Waals surface area contributed by atoms with Crippen molar-refractivity contribution < 1.29 is 14.0 Å². The van der Waals surface area contributed by atoms with Crippen molar-refractivity contribution in [3.63, 3.8) is 0 Å². The number of fused-ring (bicyclic) bond motifs is 1. The summed E-state index contributed by atoms with van der Waals surface area (Å²) in [5.41, 5.74) is 1.79. The predicted molar refractivity (Wildman–Crippen MR) is 133 cm³/mol. The zero-order valence-electron chi connectivity index (χ0n) is 19.5. The van der Waals surface area contributed by atoms with E-state index in [1.807, 2.05) is 4.90 Å². The van der Waals surface area contributed by atoms with Gasteiger partial charge >= 0.3 is 0 Å². The Hall–Kier alpha value is -2.97. The van der Waals surface area contributed by atoms with E-state index in [2.05, 4.69) is 20.2 Å². The first-order valence-corrected chi connectivity index (χ1v) is 12.6. The third-order valence-corrected chi connectivity index (χ3v) is 7.35. The van der Waals surface area contributed by atoms with Gasteiger partial charge in [-0.25, -0.2) is 9.37 Å². The molecule has 3 heterocycles. The molecule has 1 aliphatic carbocycles.